The van der Waals surface area contributed by atoms with Crippen LogP contribution in [0.4, 0.5) is 0 Å². The number of aliphatic carboxylic acids is 1. The fourth-order valence-corrected chi connectivity index (χ4v) is 3.44. The Kier molecular flexibility index (Phi) is 6.79. The van der Waals surface area contributed by atoms with E-state index in [0.29, 0.717) is 17.3 Å². The average Bonchev–Trinajstić information content (AvgIpc) is 3.10. The van der Waals surface area contributed by atoms with Gasteiger partial charge >= 0.3 is 5.97 Å². The van der Waals surface area contributed by atoms with E-state index >= 15 is 0 Å². The molecule has 3 rings (SSSR count). The van der Waals surface area contributed by atoms with Gasteiger partial charge in [0.15, 0.2) is 6.10 Å². The SMILES string of the molecule is C[C@H](Cc1c[nH]c2c(O[C@@H](C)C(=O)O)cccc12)NC[C@H](O)c1cccc(Cl)c1. The molecule has 6 nitrogen and oxygen atoms in total. The minimum absolute atomic E-state index is 0.116. The number of fused-ring (bicyclic) bond motifs is 1. The topological polar surface area (TPSA) is 94.6 Å². The molecule has 0 amide bonds. The normalized spacial score (nSPS) is 14.5. The Morgan fingerprint density at radius 1 is 1.24 bits per heavy atom. The van der Waals surface area contributed by atoms with E-state index in [1.54, 1.807) is 18.2 Å². The summed E-state index contributed by atoms with van der Waals surface area (Å²) in [5.41, 5.74) is 2.64. The van der Waals surface area contributed by atoms with Crippen molar-refractivity contribution in [1.82, 2.24) is 10.3 Å². The van der Waals surface area contributed by atoms with Crippen LogP contribution in [0.2, 0.25) is 5.02 Å². The molecule has 0 aliphatic carbocycles. The van der Waals surface area contributed by atoms with Crippen molar-refractivity contribution in [2.75, 3.05) is 6.54 Å². The van der Waals surface area contributed by atoms with Crippen molar-refractivity contribution in [3.8, 4) is 5.75 Å². The van der Waals surface area contributed by atoms with Crippen molar-refractivity contribution in [1.29, 1.82) is 0 Å². The van der Waals surface area contributed by atoms with Crippen LogP contribution < -0.4 is 10.1 Å². The molecule has 1 aromatic heterocycles. The van der Waals surface area contributed by atoms with E-state index in [2.05, 4.69) is 17.2 Å². The molecule has 3 aromatic rings. The van der Waals surface area contributed by atoms with Crippen LogP contribution in [0.5, 0.6) is 5.75 Å². The number of aromatic nitrogens is 1. The number of carboxylic acids is 1. The van der Waals surface area contributed by atoms with Crippen molar-refractivity contribution in [3.05, 3.63) is 64.8 Å². The van der Waals surface area contributed by atoms with Gasteiger partial charge in [-0.15, -0.1) is 0 Å². The van der Waals surface area contributed by atoms with Gasteiger partial charge in [0, 0.05) is 29.2 Å². The lowest BCUT2D eigenvalue weighted by Gasteiger charge is -2.17. The summed E-state index contributed by atoms with van der Waals surface area (Å²) in [4.78, 5) is 14.3. The first-order valence-corrected chi connectivity index (χ1v) is 9.88. The number of halogens is 1. The van der Waals surface area contributed by atoms with Gasteiger partial charge in [0.25, 0.3) is 0 Å². The number of nitrogens with one attached hydrogen (secondary N) is 2. The molecule has 0 bridgehead atoms. The molecular formula is C22H25ClN2O4. The van der Waals surface area contributed by atoms with Crippen molar-refractivity contribution in [2.45, 2.75) is 38.5 Å². The summed E-state index contributed by atoms with van der Waals surface area (Å²) in [7, 11) is 0. The number of benzene rings is 2. The summed E-state index contributed by atoms with van der Waals surface area (Å²) in [5.74, 6) is -0.495. The fourth-order valence-electron chi connectivity index (χ4n) is 3.24. The van der Waals surface area contributed by atoms with Gasteiger partial charge in [-0.25, -0.2) is 4.79 Å². The number of ether oxygens (including phenoxy) is 1. The highest BCUT2D eigenvalue weighted by Gasteiger charge is 2.17. The molecule has 2 aromatic carbocycles. The van der Waals surface area contributed by atoms with Gasteiger partial charge in [0.1, 0.15) is 5.75 Å². The molecule has 0 fully saturated rings. The molecule has 0 aliphatic heterocycles. The number of H-pyrrole nitrogens is 1. The van der Waals surface area contributed by atoms with E-state index in [1.165, 1.54) is 6.92 Å². The highest BCUT2D eigenvalue weighted by molar-refractivity contribution is 6.30. The monoisotopic (exact) mass is 416 g/mol. The van der Waals surface area contributed by atoms with E-state index in [4.69, 9.17) is 21.4 Å². The minimum atomic E-state index is -1.01. The molecule has 0 saturated carbocycles. The van der Waals surface area contributed by atoms with E-state index in [1.807, 2.05) is 30.5 Å². The van der Waals surface area contributed by atoms with Gasteiger partial charge < -0.3 is 25.3 Å². The van der Waals surface area contributed by atoms with Crippen LogP contribution in [0.3, 0.4) is 0 Å². The van der Waals surface area contributed by atoms with Crippen molar-refractivity contribution >= 4 is 28.5 Å². The number of hydrogen-bond donors (Lipinski definition) is 4. The first-order valence-electron chi connectivity index (χ1n) is 9.50. The van der Waals surface area contributed by atoms with E-state index in [-0.39, 0.29) is 6.04 Å². The van der Waals surface area contributed by atoms with Crippen molar-refractivity contribution < 1.29 is 19.7 Å². The van der Waals surface area contributed by atoms with Gasteiger partial charge in [0.2, 0.25) is 0 Å². The lowest BCUT2D eigenvalue weighted by molar-refractivity contribution is -0.144. The van der Waals surface area contributed by atoms with Gasteiger partial charge in [-0.2, -0.15) is 0 Å². The van der Waals surface area contributed by atoms with Crippen LogP contribution in [-0.4, -0.2) is 39.9 Å². The number of aliphatic hydroxyl groups is 1. The molecule has 0 radical (unpaired) electrons. The second-order valence-electron chi connectivity index (χ2n) is 7.18. The predicted molar refractivity (Wildman–Crippen MR) is 114 cm³/mol. The third-order valence-corrected chi connectivity index (χ3v) is 5.07. The molecule has 7 heteroatoms. The number of carboxylic acid groups (broad SMARTS) is 1. The number of hydrogen-bond acceptors (Lipinski definition) is 4. The lowest BCUT2D eigenvalue weighted by atomic mass is 10.0. The minimum Gasteiger partial charge on any atom is -0.479 e. The molecule has 0 unspecified atom stereocenters. The van der Waals surface area contributed by atoms with Gasteiger partial charge in [0.05, 0.1) is 11.6 Å². The van der Waals surface area contributed by atoms with E-state index < -0.39 is 18.2 Å². The molecule has 0 aliphatic rings. The predicted octanol–water partition coefficient (Wildman–Crippen LogP) is 3.93. The summed E-state index contributed by atoms with van der Waals surface area (Å²) in [6.45, 7) is 3.97. The quantitative estimate of drug-likeness (QED) is 0.424. The maximum absolute atomic E-state index is 11.1. The summed E-state index contributed by atoms with van der Waals surface area (Å²) >= 11 is 5.99. The summed E-state index contributed by atoms with van der Waals surface area (Å²) in [6.07, 6.45) is 1.08. The zero-order valence-electron chi connectivity index (χ0n) is 16.4. The summed E-state index contributed by atoms with van der Waals surface area (Å²) in [6, 6.07) is 12.9. The molecule has 1 heterocycles. The van der Waals surface area contributed by atoms with Crippen LogP contribution in [0.1, 0.15) is 31.1 Å². The van der Waals surface area contributed by atoms with Crippen LogP contribution in [0.25, 0.3) is 10.9 Å². The maximum Gasteiger partial charge on any atom is 0.344 e. The molecule has 0 spiro atoms. The zero-order chi connectivity index (χ0) is 21.0. The maximum atomic E-state index is 11.1. The fraction of sp³-hybridized carbons (Fsp3) is 0.318. The number of aromatic amines is 1. The van der Waals surface area contributed by atoms with Crippen LogP contribution in [0, 0.1) is 0 Å². The first kappa shape index (κ1) is 21.2. The second kappa shape index (κ2) is 9.31. The highest BCUT2D eigenvalue weighted by Crippen LogP contribution is 2.29. The lowest BCUT2D eigenvalue weighted by Crippen LogP contribution is -2.32. The Bertz CT molecular complexity index is 988. The summed E-state index contributed by atoms with van der Waals surface area (Å²) < 4.78 is 5.55. The third kappa shape index (κ3) is 5.29. The number of aliphatic hydroxyl groups excluding tert-OH is 1. The number of carbonyl (C=O) groups is 1. The molecule has 4 N–H and O–H groups in total. The Morgan fingerprint density at radius 3 is 2.72 bits per heavy atom. The molecule has 154 valence electrons. The molecular weight excluding hydrogens is 392 g/mol. The summed E-state index contributed by atoms with van der Waals surface area (Å²) in [5, 5.41) is 24.4. The van der Waals surface area contributed by atoms with Crippen LogP contribution in [-0.2, 0) is 11.2 Å². The van der Waals surface area contributed by atoms with E-state index in [0.717, 1.165) is 28.5 Å². The van der Waals surface area contributed by atoms with Gasteiger partial charge in [-0.3, -0.25) is 0 Å². The number of para-hydroxylation sites is 1. The largest absolute Gasteiger partial charge is 0.479 e. The Balaban J connectivity index is 1.64. The Labute approximate surface area is 174 Å². The number of rotatable bonds is 9. The van der Waals surface area contributed by atoms with E-state index in [9.17, 15) is 9.90 Å². The standard InChI is InChI=1S/C22H25ClN2O4/c1-13(24-12-19(26)15-5-3-6-17(23)10-15)9-16-11-25-21-18(16)7-4-8-20(21)29-14(2)22(27)28/h3-8,10-11,13-14,19,24-26H,9,12H2,1-2H3,(H,27,28)/t13-,14+,19+/m1/s1. The van der Waals surface area contributed by atoms with Gasteiger partial charge in [-0.05, 0) is 49.6 Å². The second-order valence-corrected chi connectivity index (χ2v) is 7.61. The molecule has 0 saturated heterocycles. The van der Waals surface area contributed by atoms with Gasteiger partial charge in [-0.1, -0.05) is 35.9 Å². The van der Waals surface area contributed by atoms with Crippen molar-refractivity contribution in [2.24, 2.45) is 0 Å². The van der Waals surface area contributed by atoms with Crippen LogP contribution >= 0.6 is 11.6 Å². The molecule has 3 atom stereocenters. The molecule has 29 heavy (non-hydrogen) atoms. The Hall–Kier alpha value is -2.54. The Morgan fingerprint density at radius 2 is 2.00 bits per heavy atom. The highest BCUT2D eigenvalue weighted by atomic mass is 35.5. The zero-order valence-corrected chi connectivity index (χ0v) is 17.1. The third-order valence-electron chi connectivity index (χ3n) is 4.83. The smallest absolute Gasteiger partial charge is 0.344 e. The van der Waals surface area contributed by atoms with Crippen molar-refractivity contribution in [3.63, 3.8) is 0 Å². The first-order chi connectivity index (χ1) is 13.8. The average molecular weight is 417 g/mol. The van der Waals surface area contributed by atoms with Crippen LogP contribution in [0.15, 0.2) is 48.7 Å².